The van der Waals surface area contributed by atoms with E-state index in [1.807, 2.05) is 0 Å². The fraction of sp³-hybridized carbons (Fsp3) is 0.143. The van der Waals surface area contributed by atoms with E-state index < -0.39 is 40.8 Å². The van der Waals surface area contributed by atoms with Crippen LogP contribution in [0.15, 0.2) is 30.3 Å². The zero-order chi connectivity index (χ0) is 14.9. The molecule has 6 heteroatoms. The molecule has 0 aliphatic rings. The number of rotatable bonds is 3. The predicted octanol–water partition coefficient (Wildman–Crippen LogP) is 4.56. The zero-order valence-electron chi connectivity index (χ0n) is 10.4. The first-order chi connectivity index (χ1) is 9.38. The maximum absolute atomic E-state index is 13.5. The van der Waals surface area contributed by atoms with Gasteiger partial charge in [-0.1, -0.05) is 6.07 Å². The highest BCUT2D eigenvalue weighted by atomic mass is 19.2. The van der Waals surface area contributed by atoms with E-state index in [0.29, 0.717) is 18.2 Å². The smallest absolute Gasteiger partial charge is 0.152 e. The summed E-state index contributed by atoms with van der Waals surface area (Å²) in [5.74, 6) is -4.90. The summed E-state index contributed by atoms with van der Waals surface area (Å²) in [6.45, 7) is 1.44. The molecule has 1 atom stereocenters. The molecule has 0 aliphatic carbocycles. The van der Waals surface area contributed by atoms with Gasteiger partial charge in [-0.3, -0.25) is 0 Å². The van der Waals surface area contributed by atoms with Crippen molar-refractivity contribution in [1.29, 1.82) is 0 Å². The monoisotopic (exact) mass is 287 g/mol. The van der Waals surface area contributed by atoms with E-state index in [4.69, 9.17) is 0 Å². The lowest BCUT2D eigenvalue weighted by Crippen LogP contribution is -2.11. The zero-order valence-corrected chi connectivity index (χ0v) is 10.4. The Bertz CT molecular complexity index is 618. The van der Waals surface area contributed by atoms with Crippen LogP contribution in [0.4, 0.5) is 27.6 Å². The second kappa shape index (κ2) is 5.48. The minimum absolute atomic E-state index is 0.0366. The number of benzene rings is 2. The molecule has 20 heavy (non-hydrogen) atoms. The molecule has 2 aromatic carbocycles. The van der Waals surface area contributed by atoms with Crippen LogP contribution in [0, 0.1) is 29.1 Å². The van der Waals surface area contributed by atoms with E-state index in [-0.39, 0.29) is 5.56 Å². The lowest BCUT2D eigenvalue weighted by Gasteiger charge is -2.17. The summed E-state index contributed by atoms with van der Waals surface area (Å²) in [5, 5.41) is 2.40. The van der Waals surface area contributed by atoms with Crippen LogP contribution >= 0.6 is 0 Å². The summed E-state index contributed by atoms with van der Waals surface area (Å²) in [6.07, 6.45) is 0. The highest BCUT2D eigenvalue weighted by Crippen LogP contribution is 2.26. The highest BCUT2D eigenvalue weighted by molar-refractivity contribution is 5.48. The van der Waals surface area contributed by atoms with Gasteiger partial charge in [0.15, 0.2) is 11.6 Å². The number of halogens is 5. The van der Waals surface area contributed by atoms with Gasteiger partial charge in [0, 0.05) is 23.8 Å². The molecule has 0 radical (unpaired) electrons. The van der Waals surface area contributed by atoms with E-state index in [2.05, 4.69) is 5.32 Å². The van der Waals surface area contributed by atoms with Gasteiger partial charge >= 0.3 is 0 Å². The van der Waals surface area contributed by atoms with Crippen LogP contribution < -0.4 is 5.32 Å². The quantitative estimate of drug-likeness (QED) is 0.816. The van der Waals surface area contributed by atoms with Crippen molar-refractivity contribution >= 4 is 5.69 Å². The predicted molar refractivity (Wildman–Crippen MR) is 64.7 cm³/mol. The van der Waals surface area contributed by atoms with Crippen molar-refractivity contribution in [2.45, 2.75) is 13.0 Å². The Morgan fingerprint density at radius 2 is 1.35 bits per heavy atom. The van der Waals surface area contributed by atoms with E-state index >= 15 is 0 Å². The van der Waals surface area contributed by atoms with Gasteiger partial charge in [-0.25, -0.2) is 22.0 Å². The van der Waals surface area contributed by atoms with E-state index in [0.717, 1.165) is 6.07 Å². The summed E-state index contributed by atoms with van der Waals surface area (Å²) in [6, 6.07) is 3.07. The minimum Gasteiger partial charge on any atom is -0.374 e. The topological polar surface area (TPSA) is 12.0 Å². The largest absolute Gasteiger partial charge is 0.374 e. The average Bonchev–Trinajstić information content (AvgIpc) is 2.33. The molecule has 0 aliphatic heterocycles. The molecule has 2 aromatic rings. The third-order valence-electron chi connectivity index (χ3n) is 2.80. The first kappa shape index (κ1) is 14.3. The molecular weight excluding hydrogens is 277 g/mol. The summed E-state index contributed by atoms with van der Waals surface area (Å²) in [7, 11) is 0. The maximum atomic E-state index is 13.5. The fourth-order valence-electron chi connectivity index (χ4n) is 1.83. The Labute approximate surface area is 112 Å². The van der Waals surface area contributed by atoms with Gasteiger partial charge in [0.05, 0.1) is 6.04 Å². The molecule has 106 valence electrons. The summed E-state index contributed by atoms with van der Waals surface area (Å²) in [5.41, 5.74) is -0.530. The molecule has 0 aromatic heterocycles. The third kappa shape index (κ3) is 2.89. The van der Waals surface area contributed by atoms with Gasteiger partial charge in [0.2, 0.25) is 0 Å². The van der Waals surface area contributed by atoms with Gasteiger partial charge in [-0.2, -0.15) is 0 Å². The van der Waals surface area contributed by atoms with Crippen LogP contribution in [-0.2, 0) is 0 Å². The van der Waals surface area contributed by atoms with E-state index in [1.54, 1.807) is 0 Å². The number of hydrogen-bond donors (Lipinski definition) is 1. The molecule has 0 amide bonds. The Hall–Kier alpha value is -2.11. The molecule has 0 saturated carbocycles. The second-order valence-electron chi connectivity index (χ2n) is 4.28. The van der Waals surface area contributed by atoms with E-state index in [1.165, 1.54) is 13.0 Å². The molecule has 1 N–H and O–H groups in total. The molecule has 0 saturated heterocycles. The number of nitrogens with one attached hydrogen (secondary N) is 1. The Morgan fingerprint density at radius 1 is 0.800 bits per heavy atom. The Balaban J connectivity index is 2.30. The molecule has 0 spiro atoms. The van der Waals surface area contributed by atoms with Crippen LogP contribution in [0.2, 0.25) is 0 Å². The van der Waals surface area contributed by atoms with Gasteiger partial charge in [-0.05, 0) is 13.0 Å². The molecule has 2 rings (SSSR count). The van der Waals surface area contributed by atoms with Crippen LogP contribution in [0.3, 0.4) is 0 Å². The normalized spacial score (nSPS) is 12.3. The van der Waals surface area contributed by atoms with Crippen LogP contribution in [0.5, 0.6) is 0 Å². The minimum atomic E-state index is -1.13. The lowest BCUT2D eigenvalue weighted by molar-refractivity contribution is 0.541. The van der Waals surface area contributed by atoms with Crippen molar-refractivity contribution in [2.75, 3.05) is 5.32 Å². The molecule has 0 bridgehead atoms. The van der Waals surface area contributed by atoms with Crippen LogP contribution in [0.1, 0.15) is 18.5 Å². The van der Waals surface area contributed by atoms with Crippen molar-refractivity contribution in [3.05, 3.63) is 65.0 Å². The standard InChI is InChI=1S/C14H10F5N/c1-7(10-3-2-8(15)4-11(10)17)20-14-12(18)5-9(16)6-13(14)19/h2-7,20H,1H3. The average molecular weight is 287 g/mol. The van der Waals surface area contributed by atoms with Crippen molar-refractivity contribution in [1.82, 2.24) is 0 Å². The Kier molecular flexibility index (Phi) is 3.92. The summed E-state index contributed by atoms with van der Waals surface area (Å²) >= 11 is 0. The van der Waals surface area contributed by atoms with Gasteiger partial charge in [-0.15, -0.1) is 0 Å². The molecular formula is C14H10F5N. The van der Waals surface area contributed by atoms with Gasteiger partial charge < -0.3 is 5.32 Å². The second-order valence-corrected chi connectivity index (χ2v) is 4.28. The fourth-order valence-corrected chi connectivity index (χ4v) is 1.83. The van der Waals surface area contributed by atoms with Gasteiger partial charge in [0.25, 0.3) is 0 Å². The molecule has 0 fully saturated rings. The van der Waals surface area contributed by atoms with E-state index in [9.17, 15) is 22.0 Å². The SMILES string of the molecule is CC(Nc1c(F)cc(F)cc1F)c1ccc(F)cc1F. The molecule has 1 unspecified atom stereocenters. The maximum Gasteiger partial charge on any atom is 0.152 e. The summed E-state index contributed by atoms with van der Waals surface area (Å²) < 4.78 is 66.0. The Morgan fingerprint density at radius 3 is 1.90 bits per heavy atom. The van der Waals surface area contributed by atoms with Crippen molar-refractivity contribution in [3.63, 3.8) is 0 Å². The first-order valence-corrected chi connectivity index (χ1v) is 5.74. The summed E-state index contributed by atoms with van der Waals surface area (Å²) in [4.78, 5) is 0. The van der Waals surface area contributed by atoms with Crippen LogP contribution in [0.25, 0.3) is 0 Å². The lowest BCUT2D eigenvalue weighted by atomic mass is 10.1. The number of anilines is 1. The molecule has 1 nitrogen and oxygen atoms in total. The highest BCUT2D eigenvalue weighted by Gasteiger charge is 2.17. The third-order valence-corrected chi connectivity index (χ3v) is 2.80. The van der Waals surface area contributed by atoms with Gasteiger partial charge in [0.1, 0.15) is 23.1 Å². The molecule has 0 heterocycles. The van der Waals surface area contributed by atoms with Crippen molar-refractivity contribution in [2.24, 2.45) is 0 Å². The number of hydrogen-bond acceptors (Lipinski definition) is 1. The van der Waals surface area contributed by atoms with Crippen LogP contribution in [-0.4, -0.2) is 0 Å². The van der Waals surface area contributed by atoms with Crippen molar-refractivity contribution in [3.8, 4) is 0 Å². The first-order valence-electron chi connectivity index (χ1n) is 5.74. The van der Waals surface area contributed by atoms with Crippen molar-refractivity contribution < 1.29 is 22.0 Å².